The lowest BCUT2D eigenvalue weighted by Gasteiger charge is -2.17. The Balaban J connectivity index is 1.77. The molecule has 0 aliphatic carbocycles. The van der Waals surface area contributed by atoms with Crippen molar-refractivity contribution >= 4 is 29.0 Å². The van der Waals surface area contributed by atoms with Crippen LogP contribution in [0.1, 0.15) is 34.7 Å². The lowest BCUT2D eigenvalue weighted by atomic mass is 10.1. The molecule has 32 heavy (non-hydrogen) atoms. The molecule has 2 heterocycles. The summed E-state index contributed by atoms with van der Waals surface area (Å²) in [6.45, 7) is 1.94. The van der Waals surface area contributed by atoms with Gasteiger partial charge >= 0.3 is 12.0 Å². The number of carbonyl (C=O) groups excluding carboxylic acids is 2. The highest BCUT2D eigenvalue weighted by Crippen LogP contribution is 2.28. The first-order valence-corrected chi connectivity index (χ1v) is 10.9. The second-order valence-electron chi connectivity index (χ2n) is 7.12. The van der Waals surface area contributed by atoms with E-state index in [9.17, 15) is 19.5 Å². The number of hydrogen-bond donors (Lipinski definition) is 3. The number of anilines is 1. The number of amides is 2. The van der Waals surface area contributed by atoms with Crippen LogP contribution in [0.4, 0.5) is 10.5 Å². The topological polar surface area (TPSA) is 110 Å². The van der Waals surface area contributed by atoms with E-state index >= 15 is 0 Å². The molecule has 0 bridgehead atoms. The number of nitrogens with one attached hydrogen (secondary N) is 2. The quantitative estimate of drug-likeness (QED) is 0.450. The Kier molecular flexibility index (Phi) is 7.67. The molecule has 1 unspecified atom stereocenters. The number of urea groups is 1. The van der Waals surface area contributed by atoms with Crippen LogP contribution >= 0.6 is 11.3 Å². The lowest BCUT2D eigenvalue weighted by molar-refractivity contribution is -0.143. The van der Waals surface area contributed by atoms with E-state index in [0.717, 1.165) is 21.7 Å². The van der Waals surface area contributed by atoms with Gasteiger partial charge in [0.2, 0.25) is 0 Å². The fourth-order valence-corrected chi connectivity index (χ4v) is 4.23. The van der Waals surface area contributed by atoms with Gasteiger partial charge in [-0.1, -0.05) is 30.3 Å². The molecule has 0 fully saturated rings. The number of rotatable bonds is 8. The summed E-state index contributed by atoms with van der Waals surface area (Å²) in [5.41, 5.74) is 0.366. The zero-order valence-electron chi connectivity index (χ0n) is 17.8. The standard InChI is InChI=1S/C23H25N3O5S/c1-3-31-20(28)14-17(19-10-9-16(32-19)13-15-7-5-4-6-8-15)24-23(30)25-21-18(27)11-12-26(2)22(21)29/h4-12,17,27H,3,13-14H2,1-2H3,(H2,24,25,30). The second kappa shape index (κ2) is 10.6. The molecule has 0 aliphatic rings. The minimum absolute atomic E-state index is 0.0642. The van der Waals surface area contributed by atoms with Crippen LogP contribution in [0.5, 0.6) is 5.75 Å². The summed E-state index contributed by atoms with van der Waals surface area (Å²) in [7, 11) is 1.51. The summed E-state index contributed by atoms with van der Waals surface area (Å²) in [5.74, 6) is -0.791. The van der Waals surface area contributed by atoms with E-state index in [1.54, 1.807) is 6.92 Å². The number of carbonyl (C=O) groups is 2. The maximum absolute atomic E-state index is 12.6. The van der Waals surface area contributed by atoms with Crippen molar-refractivity contribution in [1.82, 2.24) is 9.88 Å². The Hall–Kier alpha value is -3.59. The largest absolute Gasteiger partial charge is 0.505 e. The monoisotopic (exact) mass is 455 g/mol. The Bertz CT molecular complexity index is 1140. The van der Waals surface area contributed by atoms with Crippen LogP contribution in [0.15, 0.2) is 59.5 Å². The number of aromatic hydroxyl groups is 1. The molecule has 0 saturated carbocycles. The van der Waals surface area contributed by atoms with Crippen LogP contribution in [-0.2, 0) is 23.0 Å². The molecule has 2 amide bonds. The Morgan fingerprint density at radius 1 is 1.16 bits per heavy atom. The number of aromatic nitrogens is 1. The summed E-state index contributed by atoms with van der Waals surface area (Å²) >= 11 is 1.49. The first kappa shape index (κ1) is 23.1. The third-order valence-corrected chi connectivity index (χ3v) is 5.91. The van der Waals surface area contributed by atoms with Gasteiger partial charge in [-0.3, -0.25) is 9.59 Å². The van der Waals surface area contributed by atoms with Crippen molar-refractivity contribution in [3.63, 3.8) is 0 Å². The number of ether oxygens (including phenoxy) is 1. The van der Waals surface area contributed by atoms with Crippen LogP contribution in [-0.4, -0.2) is 28.3 Å². The fraction of sp³-hybridized carbons (Fsp3) is 0.261. The average Bonchev–Trinajstić information content (AvgIpc) is 3.23. The van der Waals surface area contributed by atoms with Crippen LogP contribution in [0.2, 0.25) is 0 Å². The second-order valence-corrected chi connectivity index (χ2v) is 8.32. The molecule has 1 aromatic carbocycles. The number of nitrogens with zero attached hydrogens (tertiary/aromatic N) is 1. The van der Waals surface area contributed by atoms with E-state index in [1.807, 2.05) is 42.5 Å². The maximum Gasteiger partial charge on any atom is 0.320 e. The first-order valence-electron chi connectivity index (χ1n) is 10.1. The van der Waals surface area contributed by atoms with Crippen LogP contribution < -0.4 is 16.2 Å². The van der Waals surface area contributed by atoms with Gasteiger partial charge in [-0.05, 0) is 30.7 Å². The molecular formula is C23H25N3O5S. The zero-order valence-corrected chi connectivity index (χ0v) is 18.6. The molecule has 168 valence electrons. The lowest BCUT2D eigenvalue weighted by Crippen LogP contribution is -2.35. The van der Waals surface area contributed by atoms with E-state index in [0.29, 0.717) is 0 Å². The van der Waals surface area contributed by atoms with Gasteiger partial charge in [0.1, 0.15) is 5.75 Å². The molecule has 9 heteroatoms. The predicted octanol–water partition coefficient (Wildman–Crippen LogP) is 3.56. The van der Waals surface area contributed by atoms with Crippen molar-refractivity contribution < 1.29 is 19.4 Å². The number of aryl methyl sites for hydroxylation is 1. The van der Waals surface area contributed by atoms with E-state index in [-0.39, 0.29) is 24.5 Å². The number of esters is 1. The van der Waals surface area contributed by atoms with E-state index in [1.165, 1.54) is 35.2 Å². The Labute approximate surface area is 189 Å². The minimum atomic E-state index is -0.712. The van der Waals surface area contributed by atoms with Gasteiger partial charge in [-0.25, -0.2) is 4.79 Å². The van der Waals surface area contributed by atoms with Crippen LogP contribution in [0, 0.1) is 0 Å². The van der Waals surface area contributed by atoms with E-state index in [2.05, 4.69) is 10.6 Å². The van der Waals surface area contributed by atoms with Gasteiger partial charge in [-0.2, -0.15) is 0 Å². The molecule has 0 aliphatic heterocycles. The first-order chi connectivity index (χ1) is 15.4. The van der Waals surface area contributed by atoms with Crippen molar-refractivity contribution in [3.05, 3.63) is 80.4 Å². The SMILES string of the molecule is CCOC(=O)CC(NC(=O)Nc1c(O)ccn(C)c1=O)c1ccc(Cc2ccccc2)s1. The van der Waals surface area contributed by atoms with Gasteiger partial charge in [0, 0.05) is 29.4 Å². The smallest absolute Gasteiger partial charge is 0.320 e. The van der Waals surface area contributed by atoms with Crippen LogP contribution in [0.3, 0.4) is 0 Å². The molecule has 0 saturated heterocycles. The highest BCUT2D eigenvalue weighted by molar-refractivity contribution is 7.12. The number of pyridine rings is 1. The van der Waals surface area contributed by atoms with Crippen molar-refractivity contribution in [2.24, 2.45) is 7.05 Å². The summed E-state index contributed by atoms with van der Waals surface area (Å²) in [6.07, 6.45) is 2.06. The van der Waals surface area contributed by atoms with Gasteiger partial charge in [0.05, 0.1) is 19.1 Å². The normalized spacial score (nSPS) is 11.6. The van der Waals surface area contributed by atoms with Gasteiger partial charge < -0.3 is 25.0 Å². The van der Waals surface area contributed by atoms with E-state index < -0.39 is 23.6 Å². The molecule has 3 N–H and O–H groups in total. The van der Waals surface area contributed by atoms with Crippen molar-refractivity contribution in [1.29, 1.82) is 0 Å². The molecule has 3 rings (SSSR count). The average molecular weight is 456 g/mol. The molecule has 2 aromatic heterocycles. The molecule has 0 radical (unpaired) electrons. The Morgan fingerprint density at radius 3 is 2.62 bits per heavy atom. The predicted molar refractivity (Wildman–Crippen MR) is 123 cm³/mol. The third kappa shape index (κ3) is 5.98. The fourth-order valence-electron chi connectivity index (χ4n) is 3.13. The number of thiophene rings is 1. The van der Waals surface area contributed by atoms with Gasteiger partial charge in [0.25, 0.3) is 5.56 Å². The summed E-state index contributed by atoms with van der Waals surface area (Å²) in [4.78, 5) is 38.8. The van der Waals surface area contributed by atoms with Crippen molar-refractivity contribution in [2.45, 2.75) is 25.8 Å². The summed E-state index contributed by atoms with van der Waals surface area (Å²) in [6, 6.07) is 13.7. The molecular weight excluding hydrogens is 430 g/mol. The summed E-state index contributed by atoms with van der Waals surface area (Å²) < 4.78 is 6.29. The molecule has 8 nitrogen and oxygen atoms in total. The van der Waals surface area contributed by atoms with Crippen molar-refractivity contribution in [3.8, 4) is 5.75 Å². The molecule has 3 aromatic rings. The van der Waals surface area contributed by atoms with Crippen LogP contribution in [0.25, 0.3) is 0 Å². The van der Waals surface area contributed by atoms with Gasteiger partial charge in [0.15, 0.2) is 5.69 Å². The zero-order chi connectivity index (χ0) is 23.1. The minimum Gasteiger partial charge on any atom is -0.505 e. The van der Waals surface area contributed by atoms with Gasteiger partial charge in [-0.15, -0.1) is 11.3 Å². The number of hydrogen-bond acceptors (Lipinski definition) is 6. The highest BCUT2D eigenvalue weighted by atomic mass is 32.1. The van der Waals surface area contributed by atoms with Crippen molar-refractivity contribution in [2.75, 3.05) is 11.9 Å². The highest BCUT2D eigenvalue weighted by Gasteiger charge is 2.22. The third-order valence-electron chi connectivity index (χ3n) is 4.71. The maximum atomic E-state index is 12.6. The molecule has 1 atom stereocenters. The van der Waals surface area contributed by atoms with E-state index in [4.69, 9.17) is 4.74 Å². The Morgan fingerprint density at radius 2 is 1.91 bits per heavy atom. The number of benzene rings is 1. The summed E-state index contributed by atoms with van der Waals surface area (Å²) in [5, 5.41) is 15.1. The molecule has 0 spiro atoms.